The Morgan fingerprint density at radius 1 is 1.32 bits per heavy atom. The maximum Gasteiger partial charge on any atom is 0.222 e. The van der Waals surface area contributed by atoms with Gasteiger partial charge in [-0.05, 0) is 38.3 Å². The highest BCUT2D eigenvalue weighted by Gasteiger charge is 2.13. The minimum absolute atomic E-state index is 0.124. The fourth-order valence-electron chi connectivity index (χ4n) is 2.27. The van der Waals surface area contributed by atoms with Gasteiger partial charge in [-0.2, -0.15) is 0 Å². The third-order valence-electron chi connectivity index (χ3n) is 3.50. The van der Waals surface area contributed by atoms with Crippen LogP contribution in [0.2, 0.25) is 0 Å². The Bertz CT molecular complexity index is 238. The molecule has 1 aliphatic rings. The number of hydrogen-bond donors (Lipinski definition) is 2. The molecule has 0 aromatic heterocycles. The van der Waals surface area contributed by atoms with Gasteiger partial charge in [0.25, 0.3) is 0 Å². The van der Waals surface area contributed by atoms with Crippen molar-refractivity contribution in [3.63, 3.8) is 0 Å². The first-order chi connectivity index (χ1) is 9.18. The second kappa shape index (κ2) is 10.2. The van der Waals surface area contributed by atoms with Gasteiger partial charge in [0, 0.05) is 13.0 Å². The third-order valence-corrected chi connectivity index (χ3v) is 3.50. The molecule has 0 unspecified atom stereocenters. The second-order valence-corrected chi connectivity index (χ2v) is 5.81. The lowest BCUT2D eigenvalue weighted by Crippen LogP contribution is -2.33. The summed E-state index contributed by atoms with van der Waals surface area (Å²) in [5, 5.41) is 6.27. The normalized spacial score (nSPS) is 16.8. The first-order valence-corrected chi connectivity index (χ1v) is 7.77. The van der Waals surface area contributed by atoms with Crippen LogP contribution in [-0.2, 0) is 9.53 Å². The lowest BCUT2D eigenvalue weighted by molar-refractivity contribution is -0.122. The highest BCUT2D eigenvalue weighted by atomic mass is 16.5. The fourth-order valence-corrected chi connectivity index (χ4v) is 2.27. The molecule has 4 nitrogen and oxygen atoms in total. The third kappa shape index (κ3) is 9.00. The first-order valence-electron chi connectivity index (χ1n) is 7.77. The Labute approximate surface area is 117 Å². The van der Waals surface area contributed by atoms with E-state index in [1.165, 1.54) is 12.8 Å². The lowest BCUT2D eigenvalue weighted by atomic mass is 10.1. The topological polar surface area (TPSA) is 50.4 Å². The Morgan fingerprint density at radius 3 is 2.74 bits per heavy atom. The molecule has 0 aliphatic carbocycles. The standard InChI is InChI=1S/C15H30N2O2/c1-13(2)5-3-4-9-17-15(18)8-12-19-14-6-10-16-11-7-14/h13-14,16H,3-12H2,1-2H3,(H,17,18). The van der Waals surface area contributed by atoms with Gasteiger partial charge in [0.1, 0.15) is 0 Å². The Kier molecular flexibility index (Phi) is 8.84. The maximum atomic E-state index is 11.6. The van der Waals surface area contributed by atoms with E-state index in [0.29, 0.717) is 19.1 Å². The Morgan fingerprint density at radius 2 is 2.05 bits per heavy atom. The van der Waals surface area contributed by atoms with E-state index in [0.717, 1.165) is 44.8 Å². The predicted molar refractivity (Wildman–Crippen MR) is 78.2 cm³/mol. The van der Waals surface area contributed by atoms with Crippen LogP contribution in [0, 0.1) is 5.92 Å². The van der Waals surface area contributed by atoms with Crippen LogP contribution >= 0.6 is 0 Å². The van der Waals surface area contributed by atoms with Crippen LogP contribution in [-0.4, -0.2) is 38.3 Å². The zero-order valence-corrected chi connectivity index (χ0v) is 12.5. The molecule has 1 aliphatic heterocycles. The van der Waals surface area contributed by atoms with Gasteiger partial charge in [-0.3, -0.25) is 4.79 Å². The van der Waals surface area contributed by atoms with Crippen molar-refractivity contribution >= 4 is 5.91 Å². The van der Waals surface area contributed by atoms with Crippen LogP contribution in [0.5, 0.6) is 0 Å². The van der Waals surface area contributed by atoms with E-state index in [-0.39, 0.29) is 5.91 Å². The summed E-state index contributed by atoms with van der Waals surface area (Å²) in [4.78, 5) is 11.6. The summed E-state index contributed by atoms with van der Waals surface area (Å²) in [7, 11) is 0. The molecule has 112 valence electrons. The molecule has 19 heavy (non-hydrogen) atoms. The zero-order valence-electron chi connectivity index (χ0n) is 12.5. The lowest BCUT2D eigenvalue weighted by Gasteiger charge is -2.22. The zero-order chi connectivity index (χ0) is 13.9. The molecular weight excluding hydrogens is 240 g/mol. The number of amides is 1. The molecule has 4 heteroatoms. The molecule has 0 bridgehead atoms. The van der Waals surface area contributed by atoms with Crippen LogP contribution in [0.3, 0.4) is 0 Å². The minimum Gasteiger partial charge on any atom is -0.378 e. The average Bonchev–Trinajstić information content (AvgIpc) is 2.39. The maximum absolute atomic E-state index is 11.6. The highest BCUT2D eigenvalue weighted by molar-refractivity contribution is 5.75. The van der Waals surface area contributed by atoms with Gasteiger partial charge in [-0.25, -0.2) is 0 Å². The summed E-state index contributed by atoms with van der Waals surface area (Å²) in [5.74, 6) is 0.882. The van der Waals surface area contributed by atoms with E-state index < -0.39 is 0 Å². The monoisotopic (exact) mass is 270 g/mol. The van der Waals surface area contributed by atoms with Crippen molar-refractivity contribution < 1.29 is 9.53 Å². The molecule has 0 saturated carbocycles. The summed E-state index contributed by atoms with van der Waals surface area (Å²) in [6, 6.07) is 0. The Balaban J connectivity index is 1.90. The average molecular weight is 270 g/mol. The van der Waals surface area contributed by atoms with E-state index in [2.05, 4.69) is 24.5 Å². The largest absolute Gasteiger partial charge is 0.378 e. The second-order valence-electron chi connectivity index (χ2n) is 5.81. The van der Waals surface area contributed by atoms with Crippen molar-refractivity contribution in [1.29, 1.82) is 0 Å². The number of carbonyl (C=O) groups excluding carboxylic acids is 1. The molecule has 0 radical (unpaired) electrons. The fraction of sp³-hybridized carbons (Fsp3) is 0.933. The molecule has 0 aromatic carbocycles. The van der Waals surface area contributed by atoms with E-state index in [4.69, 9.17) is 4.74 Å². The summed E-state index contributed by atoms with van der Waals surface area (Å²) in [6.45, 7) is 7.90. The molecule has 0 spiro atoms. The quantitative estimate of drug-likeness (QED) is 0.631. The van der Waals surface area contributed by atoms with Gasteiger partial charge in [0.15, 0.2) is 0 Å². The number of nitrogens with one attached hydrogen (secondary N) is 2. The summed E-state index contributed by atoms with van der Waals surface area (Å²) >= 11 is 0. The van der Waals surface area contributed by atoms with Gasteiger partial charge >= 0.3 is 0 Å². The molecule has 0 aromatic rings. The van der Waals surface area contributed by atoms with Gasteiger partial charge in [-0.1, -0.05) is 26.7 Å². The Hall–Kier alpha value is -0.610. The van der Waals surface area contributed by atoms with Crippen LogP contribution in [0.25, 0.3) is 0 Å². The van der Waals surface area contributed by atoms with Crippen molar-refractivity contribution in [3.8, 4) is 0 Å². The minimum atomic E-state index is 0.124. The molecule has 1 fully saturated rings. The SMILES string of the molecule is CC(C)CCCCNC(=O)CCOC1CCNCC1. The summed E-state index contributed by atoms with van der Waals surface area (Å²) in [6.07, 6.45) is 6.50. The smallest absolute Gasteiger partial charge is 0.222 e. The van der Waals surface area contributed by atoms with Crippen LogP contribution < -0.4 is 10.6 Å². The first kappa shape index (κ1) is 16.4. The van der Waals surface area contributed by atoms with E-state index in [1.807, 2.05) is 0 Å². The molecule has 1 saturated heterocycles. The number of unbranched alkanes of at least 4 members (excludes halogenated alkanes) is 1. The van der Waals surface area contributed by atoms with Crippen molar-refractivity contribution in [2.75, 3.05) is 26.2 Å². The number of piperidine rings is 1. The van der Waals surface area contributed by atoms with Crippen molar-refractivity contribution in [2.24, 2.45) is 5.92 Å². The van der Waals surface area contributed by atoms with Gasteiger partial charge in [0.05, 0.1) is 12.7 Å². The molecule has 1 rings (SSSR count). The van der Waals surface area contributed by atoms with E-state index in [9.17, 15) is 4.79 Å². The number of ether oxygens (including phenoxy) is 1. The predicted octanol–water partition coefficient (Wildman–Crippen LogP) is 2.09. The van der Waals surface area contributed by atoms with Gasteiger partial charge in [0.2, 0.25) is 5.91 Å². The molecule has 0 atom stereocenters. The van der Waals surface area contributed by atoms with Crippen molar-refractivity contribution in [3.05, 3.63) is 0 Å². The molecule has 1 heterocycles. The van der Waals surface area contributed by atoms with Crippen molar-refractivity contribution in [1.82, 2.24) is 10.6 Å². The summed E-state index contributed by atoms with van der Waals surface area (Å²) in [5.41, 5.74) is 0. The number of carbonyl (C=O) groups is 1. The van der Waals surface area contributed by atoms with Gasteiger partial charge in [-0.15, -0.1) is 0 Å². The van der Waals surface area contributed by atoms with E-state index >= 15 is 0 Å². The number of hydrogen-bond acceptors (Lipinski definition) is 3. The van der Waals surface area contributed by atoms with E-state index in [1.54, 1.807) is 0 Å². The molecule has 2 N–H and O–H groups in total. The molecular formula is C15H30N2O2. The van der Waals surface area contributed by atoms with Crippen molar-refractivity contribution in [2.45, 2.75) is 58.5 Å². The highest BCUT2D eigenvalue weighted by Crippen LogP contribution is 2.07. The van der Waals surface area contributed by atoms with Crippen LogP contribution in [0.15, 0.2) is 0 Å². The van der Waals surface area contributed by atoms with Crippen LogP contribution in [0.1, 0.15) is 52.4 Å². The van der Waals surface area contributed by atoms with Gasteiger partial charge < -0.3 is 15.4 Å². The number of rotatable bonds is 9. The summed E-state index contributed by atoms with van der Waals surface area (Å²) < 4.78 is 5.71. The van der Waals surface area contributed by atoms with Crippen LogP contribution in [0.4, 0.5) is 0 Å². The molecule has 1 amide bonds.